The van der Waals surface area contributed by atoms with Crippen molar-refractivity contribution in [2.24, 2.45) is 16.9 Å². The summed E-state index contributed by atoms with van der Waals surface area (Å²) >= 11 is 6.10. The van der Waals surface area contributed by atoms with Crippen molar-refractivity contribution in [2.45, 2.75) is 52.2 Å². The van der Waals surface area contributed by atoms with Crippen molar-refractivity contribution in [3.05, 3.63) is 23.0 Å². The van der Waals surface area contributed by atoms with Crippen molar-refractivity contribution in [1.29, 1.82) is 0 Å². The van der Waals surface area contributed by atoms with Gasteiger partial charge < -0.3 is 10.4 Å². The molecule has 0 aromatic carbocycles. The maximum atomic E-state index is 6.10. The lowest BCUT2D eigenvalue weighted by molar-refractivity contribution is 0.0409. The van der Waals surface area contributed by atoms with Crippen molar-refractivity contribution in [3.63, 3.8) is 0 Å². The molecule has 0 aliphatic carbocycles. The van der Waals surface area contributed by atoms with Gasteiger partial charge in [-0.05, 0) is 32.1 Å². The minimum absolute atomic E-state index is 0.222. The van der Waals surface area contributed by atoms with E-state index >= 15 is 0 Å². The Morgan fingerprint density at radius 2 is 2.30 bits per heavy atom. The van der Waals surface area contributed by atoms with Crippen LogP contribution >= 0.6 is 11.6 Å². The van der Waals surface area contributed by atoms with E-state index in [1.807, 2.05) is 10.8 Å². The number of hydrogen-bond acceptors (Lipinski definition) is 4. The second-order valence-electron chi connectivity index (χ2n) is 5.68. The summed E-state index contributed by atoms with van der Waals surface area (Å²) in [7, 11) is 0. The molecule has 0 bridgehead atoms. The fourth-order valence-electron chi connectivity index (χ4n) is 3.23. The second-order valence-corrected chi connectivity index (χ2v) is 6.04. The number of nitrogens with two attached hydrogens (primary N) is 1. The Balaban J connectivity index is 2.36. The molecule has 6 heteroatoms. The average Bonchev–Trinajstić information content (AvgIpc) is 2.42. The van der Waals surface area contributed by atoms with E-state index in [9.17, 15) is 0 Å². The van der Waals surface area contributed by atoms with E-state index in [1.54, 1.807) is 6.20 Å². The van der Waals surface area contributed by atoms with Crippen molar-refractivity contribution in [1.82, 2.24) is 14.5 Å². The van der Waals surface area contributed by atoms with Crippen LogP contribution in [0, 0.1) is 5.92 Å². The van der Waals surface area contributed by atoms with E-state index < -0.39 is 0 Å². The summed E-state index contributed by atoms with van der Waals surface area (Å²) in [6.45, 7) is 7.89. The highest BCUT2D eigenvalue weighted by Crippen LogP contribution is 2.29. The monoisotopic (exact) mass is 297 g/mol. The van der Waals surface area contributed by atoms with Gasteiger partial charge in [-0.15, -0.1) is 0 Å². The Kier molecular flexibility index (Phi) is 5.05. The lowest BCUT2D eigenvalue weighted by Gasteiger charge is -2.42. The molecule has 0 saturated carbocycles. The first-order chi connectivity index (χ1) is 9.58. The van der Waals surface area contributed by atoms with E-state index in [2.05, 4.69) is 35.8 Å². The van der Waals surface area contributed by atoms with Crippen LogP contribution in [0.2, 0.25) is 5.15 Å². The third-order valence-electron chi connectivity index (χ3n) is 4.23. The van der Waals surface area contributed by atoms with Crippen molar-refractivity contribution < 1.29 is 0 Å². The third kappa shape index (κ3) is 2.99. The minimum Gasteiger partial charge on any atom is -0.321 e. The Hall–Kier alpha value is -1.07. The molecule has 0 radical (unpaired) electrons. The largest absolute Gasteiger partial charge is 0.321 e. The standard InChI is InChI=1S/C14H24ClN5/c1-4-12(19-7-5-10(2)9-11(19)3)20-8-6-17-13(15)14(20)18-16/h6,8,10-12H,4-5,7,9,16H2,1-3H3/b18-14-. The average molecular weight is 298 g/mol. The lowest BCUT2D eigenvalue weighted by Crippen LogP contribution is -2.47. The van der Waals surface area contributed by atoms with Crippen LogP contribution in [-0.4, -0.2) is 27.0 Å². The van der Waals surface area contributed by atoms with Gasteiger partial charge in [0.25, 0.3) is 0 Å². The number of aromatic nitrogens is 2. The number of halogens is 1. The second kappa shape index (κ2) is 6.59. The maximum absolute atomic E-state index is 6.10. The van der Waals surface area contributed by atoms with Gasteiger partial charge in [0, 0.05) is 25.0 Å². The van der Waals surface area contributed by atoms with Gasteiger partial charge in [0.05, 0.1) is 6.17 Å². The highest BCUT2D eigenvalue weighted by molar-refractivity contribution is 6.29. The molecule has 2 rings (SSSR count). The summed E-state index contributed by atoms with van der Waals surface area (Å²) < 4.78 is 2.04. The summed E-state index contributed by atoms with van der Waals surface area (Å²) in [6.07, 6.45) is 7.28. The van der Waals surface area contributed by atoms with Crippen LogP contribution in [0.25, 0.3) is 0 Å². The zero-order chi connectivity index (χ0) is 14.7. The van der Waals surface area contributed by atoms with Gasteiger partial charge >= 0.3 is 0 Å². The predicted octanol–water partition coefficient (Wildman–Crippen LogP) is 2.34. The summed E-state index contributed by atoms with van der Waals surface area (Å²) in [5, 5.41) is 4.17. The number of likely N-dealkylation sites (tertiary alicyclic amines) is 1. The minimum atomic E-state index is 0.222. The summed E-state index contributed by atoms with van der Waals surface area (Å²) in [5.74, 6) is 6.29. The predicted molar refractivity (Wildman–Crippen MR) is 80.9 cm³/mol. The Bertz CT molecular complexity index is 513. The Morgan fingerprint density at radius 1 is 1.55 bits per heavy atom. The quantitative estimate of drug-likeness (QED) is 0.688. The molecule has 2 heterocycles. The normalized spacial score (nSPS) is 26.7. The highest BCUT2D eigenvalue weighted by atomic mass is 35.5. The van der Waals surface area contributed by atoms with Gasteiger partial charge in [-0.2, -0.15) is 5.10 Å². The van der Waals surface area contributed by atoms with E-state index in [0.29, 0.717) is 16.7 Å². The van der Waals surface area contributed by atoms with Crippen molar-refractivity contribution in [2.75, 3.05) is 6.54 Å². The molecule has 1 aromatic heterocycles. The van der Waals surface area contributed by atoms with Gasteiger partial charge in [-0.3, -0.25) is 4.90 Å². The maximum Gasteiger partial charge on any atom is 0.191 e. The molecule has 0 amide bonds. The molecular weight excluding hydrogens is 274 g/mol. The SMILES string of the molecule is CCC(N1CCC(C)CC1C)n1ccnc(Cl)/c1=N/N. The fraction of sp³-hybridized carbons (Fsp3) is 0.714. The molecule has 20 heavy (non-hydrogen) atoms. The van der Waals surface area contributed by atoms with Crippen molar-refractivity contribution in [3.8, 4) is 0 Å². The molecule has 1 fully saturated rings. The van der Waals surface area contributed by atoms with E-state index in [4.69, 9.17) is 17.4 Å². The molecule has 1 aromatic rings. The summed E-state index contributed by atoms with van der Waals surface area (Å²) in [4.78, 5) is 6.57. The zero-order valence-corrected chi connectivity index (χ0v) is 13.2. The summed E-state index contributed by atoms with van der Waals surface area (Å²) in [6, 6.07) is 0.550. The van der Waals surface area contributed by atoms with Crippen LogP contribution in [0.5, 0.6) is 0 Å². The van der Waals surface area contributed by atoms with Crippen LogP contribution in [0.1, 0.15) is 46.2 Å². The van der Waals surface area contributed by atoms with Gasteiger partial charge in [0.2, 0.25) is 0 Å². The smallest absolute Gasteiger partial charge is 0.191 e. The topological polar surface area (TPSA) is 59.4 Å². The molecule has 0 spiro atoms. The van der Waals surface area contributed by atoms with E-state index in [0.717, 1.165) is 18.9 Å². The number of nitrogens with zero attached hydrogens (tertiary/aromatic N) is 4. The first kappa shape index (κ1) is 15.3. The first-order valence-corrected chi connectivity index (χ1v) is 7.68. The van der Waals surface area contributed by atoms with Gasteiger partial charge in [0.1, 0.15) is 0 Å². The molecule has 2 N–H and O–H groups in total. The van der Waals surface area contributed by atoms with Crippen LogP contribution in [0.15, 0.2) is 17.5 Å². The first-order valence-electron chi connectivity index (χ1n) is 7.30. The van der Waals surface area contributed by atoms with Gasteiger partial charge in [0.15, 0.2) is 10.6 Å². The Labute approximate surface area is 125 Å². The molecule has 1 aliphatic heterocycles. The number of hydrogen-bond donors (Lipinski definition) is 1. The number of rotatable bonds is 3. The molecule has 3 atom stereocenters. The molecule has 3 unspecified atom stereocenters. The molecule has 112 valence electrons. The zero-order valence-electron chi connectivity index (χ0n) is 12.5. The fourth-order valence-corrected chi connectivity index (χ4v) is 3.43. The van der Waals surface area contributed by atoms with Crippen LogP contribution in [0.3, 0.4) is 0 Å². The van der Waals surface area contributed by atoms with Crippen LogP contribution in [0.4, 0.5) is 0 Å². The van der Waals surface area contributed by atoms with Gasteiger partial charge in [-0.25, -0.2) is 4.98 Å². The molecular formula is C14H24ClN5. The molecule has 5 nitrogen and oxygen atoms in total. The molecule has 1 aliphatic rings. The lowest BCUT2D eigenvalue weighted by atomic mass is 9.92. The molecule has 1 saturated heterocycles. The van der Waals surface area contributed by atoms with Crippen LogP contribution < -0.4 is 11.3 Å². The van der Waals surface area contributed by atoms with Crippen molar-refractivity contribution >= 4 is 11.6 Å². The summed E-state index contributed by atoms with van der Waals surface area (Å²) in [5.41, 5.74) is 0.548. The van der Waals surface area contributed by atoms with Crippen LogP contribution in [-0.2, 0) is 0 Å². The van der Waals surface area contributed by atoms with E-state index in [-0.39, 0.29) is 6.17 Å². The Morgan fingerprint density at radius 3 is 2.90 bits per heavy atom. The highest BCUT2D eigenvalue weighted by Gasteiger charge is 2.29. The third-order valence-corrected chi connectivity index (χ3v) is 4.49. The van der Waals surface area contributed by atoms with E-state index in [1.165, 1.54) is 12.8 Å². The number of piperidine rings is 1. The van der Waals surface area contributed by atoms with Gasteiger partial charge in [-0.1, -0.05) is 25.4 Å².